The molecule has 0 aliphatic heterocycles. The number of thiophene rings is 1. The molecule has 1 N–H and O–H groups in total. The van der Waals surface area contributed by atoms with Gasteiger partial charge in [0, 0.05) is 17.1 Å². The van der Waals surface area contributed by atoms with Crippen molar-refractivity contribution in [2.24, 2.45) is 0 Å². The largest absolute Gasteiger partial charge is 0.470 e. The van der Waals surface area contributed by atoms with Crippen molar-refractivity contribution in [2.75, 3.05) is 5.32 Å². The Morgan fingerprint density at radius 1 is 1.11 bits per heavy atom. The van der Waals surface area contributed by atoms with Crippen LogP contribution in [0.2, 0.25) is 0 Å². The Labute approximate surface area is 161 Å². The van der Waals surface area contributed by atoms with E-state index in [4.69, 9.17) is 4.74 Å². The molecule has 27 heavy (non-hydrogen) atoms. The van der Waals surface area contributed by atoms with Crippen LogP contribution in [0.1, 0.15) is 24.6 Å². The van der Waals surface area contributed by atoms with E-state index in [1.165, 1.54) is 0 Å². The smallest absolute Gasteiger partial charge is 0.247 e. The SMILES string of the molecule is CCCCn1cnc2c(OCc3cccs3)nc(Nc3ccccc3)nc21. The Morgan fingerprint density at radius 2 is 2.00 bits per heavy atom. The third kappa shape index (κ3) is 4.09. The van der Waals surface area contributed by atoms with Gasteiger partial charge in [0.05, 0.1) is 6.33 Å². The highest BCUT2D eigenvalue weighted by Gasteiger charge is 2.15. The number of fused-ring (bicyclic) bond motifs is 1. The zero-order valence-corrected chi connectivity index (χ0v) is 15.9. The molecule has 0 fully saturated rings. The van der Waals surface area contributed by atoms with Gasteiger partial charge in [0.25, 0.3) is 0 Å². The molecule has 1 aromatic carbocycles. The van der Waals surface area contributed by atoms with E-state index in [0.717, 1.165) is 35.6 Å². The fourth-order valence-electron chi connectivity index (χ4n) is 2.75. The van der Waals surface area contributed by atoms with Crippen molar-refractivity contribution in [3.8, 4) is 5.88 Å². The van der Waals surface area contributed by atoms with Crippen molar-refractivity contribution in [3.05, 3.63) is 59.0 Å². The van der Waals surface area contributed by atoms with Crippen molar-refractivity contribution in [1.82, 2.24) is 19.5 Å². The van der Waals surface area contributed by atoms with E-state index in [9.17, 15) is 0 Å². The summed E-state index contributed by atoms with van der Waals surface area (Å²) in [6, 6.07) is 13.9. The van der Waals surface area contributed by atoms with E-state index in [2.05, 4.69) is 31.8 Å². The lowest BCUT2D eigenvalue weighted by atomic mass is 10.3. The molecule has 6 nitrogen and oxygen atoms in total. The predicted octanol–water partition coefficient (Wildman–Crippen LogP) is 5.01. The Kier molecular flexibility index (Phi) is 5.29. The molecule has 0 saturated carbocycles. The van der Waals surface area contributed by atoms with Crippen LogP contribution < -0.4 is 10.1 Å². The number of aromatic nitrogens is 4. The molecular weight excluding hydrogens is 358 g/mol. The Bertz CT molecular complexity index is 998. The molecule has 0 bridgehead atoms. The minimum Gasteiger partial charge on any atom is -0.470 e. The van der Waals surface area contributed by atoms with Gasteiger partial charge >= 0.3 is 0 Å². The molecule has 0 amide bonds. The van der Waals surface area contributed by atoms with Crippen LogP contribution in [0.3, 0.4) is 0 Å². The van der Waals surface area contributed by atoms with Crippen LogP contribution in [0.25, 0.3) is 11.2 Å². The minimum absolute atomic E-state index is 0.469. The second kappa shape index (κ2) is 8.18. The third-order valence-electron chi connectivity index (χ3n) is 4.15. The van der Waals surface area contributed by atoms with Crippen LogP contribution in [-0.2, 0) is 13.2 Å². The van der Waals surface area contributed by atoms with Gasteiger partial charge in [-0.15, -0.1) is 11.3 Å². The molecular formula is C20H21N5OS. The second-order valence-electron chi connectivity index (χ2n) is 6.18. The van der Waals surface area contributed by atoms with Gasteiger partial charge in [0.1, 0.15) is 6.61 Å². The van der Waals surface area contributed by atoms with Gasteiger partial charge in [-0.1, -0.05) is 37.6 Å². The molecule has 0 aliphatic carbocycles. The predicted molar refractivity (Wildman–Crippen MR) is 109 cm³/mol. The number of hydrogen-bond donors (Lipinski definition) is 1. The molecule has 0 radical (unpaired) electrons. The first-order chi connectivity index (χ1) is 13.3. The number of imidazole rings is 1. The van der Waals surface area contributed by atoms with E-state index in [-0.39, 0.29) is 0 Å². The number of anilines is 2. The average Bonchev–Trinajstić information content (AvgIpc) is 3.35. The summed E-state index contributed by atoms with van der Waals surface area (Å²) in [5, 5.41) is 5.30. The van der Waals surface area contributed by atoms with Crippen molar-refractivity contribution < 1.29 is 4.74 Å². The number of nitrogens with zero attached hydrogens (tertiary/aromatic N) is 4. The first-order valence-electron chi connectivity index (χ1n) is 9.03. The molecule has 4 aromatic rings. The molecule has 138 valence electrons. The lowest BCUT2D eigenvalue weighted by Gasteiger charge is -2.10. The fourth-order valence-corrected chi connectivity index (χ4v) is 3.37. The van der Waals surface area contributed by atoms with Gasteiger partial charge < -0.3 is 14.6 Å². The lowest BCUT2D eigenvalue weighted by molar-refractivity contribution is 0.301. The summed E-state index contributed by atoms with van der Waals surface area (Å²) in [7, 11) is 0. The van der Waals surface area contributed by atoms with Crippen LogP contribution in [0.4, 0.5) is 11.6 Å². The van der Waals surface area contributed by atoms with E-state index < -0.39 is 0 Å². The van der Waals surface area contributed by atoms with Gasteiger partial charge in [-0.3, -0.25) is 0 Å². The van der Waals surface area contributed by atoms with Crippen LogP contribution in [0.5, 0.6) is 5.88 Å². The summed E-state index contributed by atoms with van der Waals surface area (Å²) in [6.45, 7) is 3.52. The summed E-state index contributed by atoms with van der Waals surface area (Å²) < 4.78 is 8.07. The van der Waals surface area contributed by atoms with E-state index in [1.807, 2.05) is 54.2 Å². The number of benzene rings is 1. The third-order valence-corrected chi connectivity index (χ3v) is 5.00. The van der Waals surface area contributed by atoms with Crippen LogP contribution in [0.15, 0.2) is 54.2 Å². The number of para-hydroxylation sites is 1. The summed E-state index contributed by atoms with van der Waals surface area (Å²) in [6.07, 6.45) is 4.00. The Morgan fingerprint density at radius 3 is 2.78 bits per heavy atom. The van der Waals surface area contributed by atoms with Gasteiger partial charge in [-0.05, 0) is 30.0 Å². The van der Waals surface area contributed by atoms with Gasteiger partial charge in [-0.2, -0.15) is 9.97 Å². The van der Waals surface area contributed by atoms with E-state index >= 15 is 0 Å². The van der Waals surface area contributed by atoms with Crippen molar-refractivity contribution in [3.63, 3.8) is 0 Å². The number of rotatable bonds is 8. The standard InChI is InChI=1S/C20H21N5OS/c1-2-3-11-25-14-21-17-18(25)23-20(22-15-8-5-4-6-9-15)24-19(17)26-13-16-10-7-12-27-16/h4-10,12,14H,2-3,11,13H2,1H3,(H,22,23,24). The normalized spacial score (nSPS) is 11.0. The molecule has 0 spiro atoms. The summed E-state index contributed by atoms with van der Waals surface area (Å²) in [4.78, 5) is 14.9. The van der Waals surface area contributed by atoms with Crippen molar-refractivity contribution in [2.45, 2.75) is 32.9 Å². The number of nitrogens with one attached hydrogen (secondary N) is 1. The zero-order chi connectivity index (χ0) is 18.5. The lowest BCUT2D eigenvalue weighted by Crippen LogP contribution is -2.04. The summed E-state index contributed by atoms with van der Waals surface area (Å²) in [5.41, 5.74) is 2.42. The molecule has 7 heteroatoms. The highest BCUT2D eigenvalue weighted by molar-refractivity contribution is 7.09. The van der Waals surface area contributed by atoms with Gasteiger partial charge in [-0.25, -0.2) is 4.98 Å². The fraction of sp³-hybridized carbons (Fsp3) is 0.250. The molecule has 4 rings (SSSR count). The number of aryl methyl sites for hydroxylation is 1. The maximum absolute atomic E-state index is 6.00. The van der Waals surface area contributed by atoms with Crippen LogP contribution in [-0.4, -0.2) is 19.5 Å². The molecule has 0 unspecified atom stereocenters. The quantitative estimate of drug-likeness (QED) is 0.466. The summed E-state index contributed by atoms with van der Waals surface area (Å²) >= 11 is 1.66. The molecule has 0 aliphatic rings. The Hall–Kier alpha value is -2.93. The zero-order valence-electron chi connectivity index (χ0n) is 15.1. The molecule has 0 atom stereocenters. The number of unbranched alkanes of at least 4 members (excludes halogenated alkanes) is 1. The van der Waals surface area contributed by atoms with Crippen LogP contribution in [0, 0.1) is 0 Å². The highest BCUT2D eigenvalue weighted by atomic mass is 32.1. The molecule has 0 saturated heterocycles. The van der Waals surface area contributed by atoms with Gasteiger partial charge in [0.2, 0.25) is 11.8 Å². The maximum atomic E-state index is 6.00. The topological polar surface area (TPSA) is 64.9 Å². The van der Waals surface area contributed by atoms with Crippen molar-refractivity contribution >= 4 is 34.1 Å². The first-order valence-corrected chi connectivity index (χ1v) is 9.91. The highest BCUT2D eigenvalue weighted by Crippen LogP contribution is 2.26. The second-order valence-corrected chi connectivity index (χ2v) is 7.21. The minimum atomic E-state index is 0.469. The molecule has 3 heterocycles. The average molecular weight is 379 g/mol. The Balaban J connectivity index is 1.68. The van der Waals surface area contributed by atoms with E-state index in [0.29, 0.717) is 24.0 Å². The maximum Gasteiger partial charge on any atom is 0.247 e. The van der Waals surface area contributed by atoms with Gasteiger partial charge in [0.15, 0.2) is 11.2 Å². The number of hydrogen-bond acceptors (Lipinski definition) is 6. The van der Waals surface area contributed by atoms with Crippen LogP contribution >= 0.6 is 11.3 Å². The first kappa shape index (κ1) is 17.5. The number of ether oxygens (including phenoxy) is 1. The molecule has 3 aromatic heterocycles. The summed E-state index contributed by atoms with van der Waals surface area (Å²) in [5.74, 6) is 1.01. The van der Waals surface area contributed by atoms with E-state index in [1.54, 1.807) is 11.3 Å². The van der Waals surface area contributed by atoms with Crippen molar-refractivity contribution in [1.29, 1.82) is 0 Å². The monoisotopic (exact) mass is 379 g/mol.